The number of carbonyl (C=O) groups is 1. The van der Waals surface area contributed by atoms with Crippen LogP contribution in [0.25, 0.3) is 5.52 Å². The van der Waals surface area contributed by atoms with E-state index < -0.39 is 0 Å². The third-order valence-electron chi connectivity index (χ3n) is 4.92. The molecule has 2 fully saturated rings. The maximum atomic E-state index is 12.2. The minimum Gasteiger partial charge on any atom is -0.345 e. The lowest BCUT2D eigenvalue weighted by Crippen LogP contribution is -2.42. The molecule has 0 spiro atoms. The molecule has 0 N–H and O–H groups in total. The van der Waals surface area contributed by atoms with Crippen LogP contribution in [-0.2, 0) is 11.3 Å². The SMILES string of the molecule is CN1CC[C@@H]2CN(Cc3ccn4nccc4c3)C[C@@H]2C1=O. The van der Waals surface area contributed by atoms with E-state index in [-0.39, 0.29) is 5.92 Å². The quantitative estimate of drug-likeness (QED) is 0.833. The summed E-state index contributed by atoms with van der Waals surface area (Å²) in [6.45, 7) is 3.79. The minimum absolute atomic E-state index is 0.211. The molecule has 0 radical (unpaired) electrons. The zero-order chi connectivity index (χ0) is 14.4. The van der Waals surface area contributed by atoms with Crippen molar-refractivity contribution in [2.75, 3.05) is 26.7 Å². The topological polar surface area (TPSA) is 40.9 Å². The molecule has 2 aromatic rings. The average Bonchev–Trinajstić information content (AvgIpc) is 3.09. The highest BCUT2D eigenvalue weighted by atomic mass is 16.2. The summed E-state index contributed by atoms with van der Waals surface area (Å²) >= 11 is 0. The van der Waals surface area contributed by atoms with Crippen molar-refractivity contribution in [1.29, 1.82) is 0 Å². The third kappa shape index (κ3) is 2.21. The number of aromatic nitrogens is 2. The Morgan fingerprint density at radius 2 is 2.24 bits per heavy atom. The van der Waals surface area contributed by atoms with E-state index >= 15 is 0 Å². The molecule has 2 aliphatic heterocycles. The van der Waals surface area contributed by atoms with Crippen LogP contribution in [0.2, 0.25) is 0 Å². The largest absolute Gasteiger partial charge is 0.345 e. The van der Waals surface area contributed by atoms with Crippen molar-refractivity contribution < 1.29 is 4.79 Å². The number of likely N-dealkylation sites (tertiary alicyclic amines) is 2. The number of hydrogen-bond donors (Lipinski definition) is 0. The summed E-state index contributed by atoms with van der Waals surface area (Å²) in [5.74, 6) is 1.09. The molecule has 5 heteroatoms. The second-order valence-corrected chi connectivity index (χ2v) is 6.34. The lowest BCUT2D eigenvalue weighted by Gasteiger charge is -2.30. The van der Waals surface area contributed by atoms with E-state index in [0.717, 1.165) is 38.1 Å². The normalized spacial score (nSPS) is 26.5. The molecule has 5 nitrogen and oxygen atoms in total. The molecule has 110 valence electrons. The van der Waals surface area contributed by atoms with Gasteiger partial charge in [0.05, 0.1) is 11.4 Å². The van der Waals surface area contributed by atoms with Gasteiger partial charge in [-0.25, -0.2) is 4.52 Å². The molecule has 2 aliphatic rings. The van der Waals surface area contributed by atoms with E-state index in [9.17, 15) is 4.79 Å². The highest BCUT2D eigenvalue weighted by Crippen LogP contribution is 2.32. The van der Waals surface area contributed by atoms with Crippen LogP contribution >= 0.6 is 0 Å². The molecule has 4 heterocycles. The fourth-order valence-electron chi connectivity index (χ4n) is 3.74. The summed E-state index contributed by atoms with van der Waals surface area (Å²) in [5, 5.41) is 4.22. The Morgan fingerprint density at radius 3 is 3.14 bits per heavy atom. The van der Waals surface area contributed by atoms with Crippen molar-refractivity contribution in [1.82, 2.24) is 19.4 Å². The standard InChI is InChI=1S/C16H20N4O/c1-18-6-4-13-10-19(11-15(13)16(18)21)9-12-3-7-20-14(8-12)2-5-17-20/h2-3,5,7-8,13,15H,4,6,9-11H2,1H3/t13-,15+/m1/s1. The predicted molar refractivity (Wildman–Crippen MR) is 79.7 cm³/mol. The molecule has 4 rings (SSSR count). The number of pyridine rings is 1. The van der Waals surface area contributed by atoms with E-state index in [0.29, 0.717) is 11.8 Å². The van der Waals surface area contributed by atoms with Crippen LogP contribution in [0.15, 0.2) is 30.6 Å². The zero-order valence-corrected chi connectivity index (χ0v) is 12.3. The highest BCUT2D eigenvalue weighted by molar-refractivity contribution is 5.80. The molecule has 0 unspecified atom stereocenters. The van der Waals surface area contributed by atoms with Crippen LogP contribution in [0.3, 0.4) is 0 Å². The first-order chi connectivity index (χ1) is 10.2. The lowest BCUT2D eigenvalue weighted by molar-refractivity contribution is -0.137. The Morgan fingerprint density at radius 1 is 1.33 bits per heavy atom. The lowest BCUT2D eigenvalue weighted by atomic mass is 9.88. The Labute approximate surface area is 124 Å². The number of amides is 1. The predicted octanol–water partition coefficient (Wildman–Crippen LogP) is 1.24. The minimum atomic E-state index is 0.211. The van der Waals surface area contributed by atoms with Gasteiger partial charge in [0, 0.05) is 45.6 Å². The summed E-state index contributed by atoms with van der Waals surface area (Å²) in [6, 6.07) is 6.32. The molecule has 2 atom stereocenters. The van der Waals surface area contributed by atoms with Crippen LogP contribution in [0.1, 0.15) is 12.0 Å². The monoisotopic (exact) mass is 284 g/mol. The maximum absolute atomic E-state index is 12.2. The van der Waals surface area contributed by atoms with Crippen molar-refractivity contribution in [3.8, 4) is 0 Å². The fourth-order valence-corrected chi connectivity index (χ4v) is 3.74. The molecule has 0 aromatic carbocycles. The highest BCUT2D eigenvalue weighted by Gasteiger charge is 2.41. The summed E-state index contributed by atoms with van der Waals surface area (Å²) < 4.78 is 1.88. The number of hydrogen-bond acceptors (Lipinski definition) is 3. The summed E-state index contributed by atoms with van der Waals surface area (Å²) in [4.78, 5) is 16.5. The second kappa shape index (κ2) is 4.84. The van der Waals surface area contributed by atoms with Crippen LogP contribution in [0.4, 0.5) is 0 Å². The van der Waals surface area contributed by atoms with E-state index in [4.69, 9.17) is 0 Å². The van der Waals surface area contributed by atoms with Crippen molar-refractivity contribution in [2.45, 2.75) is 13.0 Å². The van der Waals surface area contributed by atoms with Gasteiger partial charge >= 0.3 is 0 Å². The van der Waals surface area contributed by atoms with Gasteiger partial charge in [-0.1, -0.05) is 0 Å². The van der Waals surface area contributed by atoms with Gasteiger partial charge in [0.15, 0.2) is 0 Å². The van der Waals surface area contributed by atoms with Gasteiger partial charge in [-0.3, -0.25) is 9.69 Å². The Balaban J connectivity index is 1.49. The van der Waals surface area contributed by atoms with Crippen molar-refractivity contribution in [2.24, 2.45) is 11.8 Å². The van der Waals surface area contributed by atoms with Gasteiger partial charge < -0.3 is 4.90 Å². The average molecular weight is 284 g/mol. The van der Waals surface area contributed by atoms with Crippen molar-refractivity contribution in [3.05, 3.63) is 36.2 Å². The first-order valence-electron chi connectivity index (χ1n) is 7.60. The number of piperidine rings is 1. The first kappa shape index (κ1) is 12.8. The number of rotatable bonds is 2. The molecule has 2 aromatic heterocycles. The molecule has 0 saturated carbocycles. The van der Waals surface area contributed by atoms with Gasteiger partial charge in [0.2, 0.25) is 5.91 Å². The Bertz CT molecular complexity index is 680. The molecule has 0 aliphatic carbocycles. The molecular weight excluding hydrogens is 264 g/mol. The van der Waals surface area contributed by atoms with Gasteiger partial charge in [-0.15, -0.1) is 0 Å². The van der Waals surface area contributed by atoms with Crippen LogP contribution in [0, 0.1) is 11.8 Å². The summed E-state index contributed by atoms with van der Waals surface area (Å²) in [5.41, 5.74) is 2.42. The van der Waals surface area contributed by atoms with E-state index in [1.165, 1.54) is 5.56 Å². The second-order valence-electron chi connectivity index (χ2n) is 6.34. The molecule has 2 saturated heterocycles. The van der Waals surface area contributed by atoms with Gasteiger partial charge in [-0.2, -0.15) is 5.10 Å². The van der Waals surface area contributed by atoms with Gasteiger partial charge in [0.25, 0.3) is 0 Å². The molecule has 0 bridgehead atoms. The molecule has 1 amide bonds. The molecule has 21 heavy (non-hydrogen) atoms. The Hall–Kier alpha value is -1.88. The summed E-state index contributed by atoms with van der Waals surface area (Å²) in [6.07, 6.45) is 4.97. The van der Waals surface area contributed by atoms with Crippen molar-refractivity contribution in [3.63, 3.8) is 0 Å². The number of carbonyl (C=O) groups excluding carboxylic acids is 1. The van der Waals surface area contributed by atoms with Crippen LogP contribution in [0.5, 0.6) is 0 Å². The van der Waals surface area contributed by atoms with Gasteiger partial charge in [0.1, 0.15) is 0 Å². The maximum Gasteiger partial charge on any atom is 0.227 e. The fraction of sp³-hybridized carbons (Fsp3) is 0.500. The van der Waals surface area contributed by atoms with E-state index in [1.807, 2.05) is 34.9 Å². The molecular formula is C16H20N4O. The smallest absolute Gasteiger partial charge is 0.227 e. The van der Waals surface area contributed by atoms with Crippen LogP contribution in [-0.4, -0.2) is 52.0 Å². The van der Waals surface area contributed by atoms with Gasteiger partial charge in [-0.05, 0) is 36.1 Å². The third-order valence-corrected chi connectivity index (χ3v) is 4.92. The van der Waals surface area contributed by atoms with E-state index in [2.05, 4.69) is 22.1 Å². The van der Waals surface area contributed by atoms with Crippen molar-refractivity contribution >= 4 is 11.4 Å². The first-order valence-corrected chi connectivity index (χ1v) is 7.60. The zero-order valence-electron chi connectivity index (χ0n) is 12.3. The number of fused-ring (bicyclic) bond motifs is 2. The summed E-state index contributed by atoms with van der Waals surface area (Å²) in [7, 11) is 1.93. The number of nitrogens with zero attached hydrogens (tertiary/aromatic N) is 4. The van der Waals surface area contributed by atoms with E-state index in [1.54, 1.807) is 0 Å². The van der Waals surface area contributed by atoms with Crippen LogP contribution < -0.4 is 0 Å². The Kier molecular flexibility index (Phi) is 2.96.